The Labute approximate surface area is 207 Å². The van der Waals surface area contributed by atoms with Crippen LogP contribution in [0, 0.1) is 12.7 Å². The minimum Gasteiger partial charge on any atom is -0.352 e. The predicted molar refractivity (Wildman–Crippen MR) is 135 cm³/mol. The first-order valence-electron chi connectivity index (χ1n) is 11.5. The Hall–Kier alpha value is -2.98. The summed E-state index contributed by atoms with van der Waals surface area (Å²) in [4.78, 5) is 27.8. The van der Waals surface area contributed by atoms with Crippen molar-refractivity contribution >= 4 is 27.7 Å². The Bertz CT molecular complexity index is 1120. The number of nitrogens with one attached hydrogen (secondary N) is 1. The van der Waals surface area contributed by atoms with Crippen molar-refractivity contribution in [3.63, 3.8) is 0 Å². The van der Waals surface area contributed by atoms with Gasteiger partial charge in [-0.1, -0.05) is 48.9 Å². The maximum atomic E-state index is 14.6. The van der Waals surface area contributed by atoms with Gasteiger partial charge in [-0.2, -0.15) is 12.7 Å². The monoisotopic (exact) mass is 506 g/mol. The van der Waals surface area contributed by atoms with Crippen LogP contribution in [0.3, 0.4) is 0 Å². The molecule has 0 fully saturated rings. The topological polar surface area (TPSA) is 90.0 Å². The Morgan fingerprint density at radius 2 is 1.63 bits per heavy atom. The number of halogens is 1. The number of aryl methyl sites for hydroxylation is 1. The maximum Gasteiger partial charge on any atom is 0.304 e. The van der Waals surface area contributed by atoms with Crippen LogP contribution < -0.4 is 9.62 Å². The highest BCUT2D eigenvalue weighted by molar-refractivity contribution is 7.90. The van der Waals surface area contributed by atoms with Gasteiger partial charge in [0.15, 0.2) is 0 Å². The highest BCUT2D eigenvalue weighted by Crippen LogP contribution is 2.24. The van der Waals surface area contributed by atoms with Gasteiger partial charge in [0.05, 0.1) is 5.69 Å². The van der Waals surface area contributed by atoms with Gasteiger partial charge in [0, 0.05) is 26.7 Å². The molecule has 2 amide bonds. The molecule has 35 heavy (non-hydrogen) atoms. The number of hydrogen-bond acceptors (Lipinski definition) is 4. The second-order valence-corrected chi connectivity index (χ2v) is 10.8. The second kappa shape index (κ2) is 12.1. The van der Waals surface area contributed by atoms with E-state index in [0.29, 0.717) is 6.42 Å². The van der Waals surface area contributed by atoms with Gasteiger partial charge in [-0.3, -0.25) is 9.59 Å². The van der Waals surface area contributed by atoms with E-state index in [-0.39, 0.29) is 24.2 Å². The Morgan fingerprint density at radius 1 is 1.03 bits per heavy atom. The van der Waals surface area contributed by atoms with E-state index in [1.54, 1.807) is 6.92 Å². The van der Waals surface area contributed by atoms with E-state index in [1.807, 2.05) is 45.0 Å². The third-order valence-electron chi connectivity index (χ3n) is 5.78. The van der Waals surface area contributed by atoms with Crippen LogP contribution in [0.4, 0.5) is 10.1 Å². The zero-order valence-corrected chi connectivity index (χ0v) is 22.0. The molecule has 8 nitrogen and oxygen atoms in total. The van der Waals surface area contributed by atoms with Crippen molar-refractivity contribution < 1.29 is 22.4 Å². The van der Waals surface area contributed by atoms with Crippen molar-refractivity contribution in [1.82, 2.24) is 14.5 Å². The van der Waals surface area contributed by atoms with E-state index in [2.05, 4.69) is 5.32 Å². The third kappa shape index (κ3) is 7.25. The van der Waals surface area contributed by atoms with Crippen LogP contribution in [0.2, 0.25) is 0 Å². The number of carbonyl (C=O) groups is 2. The molecule has 2 unspecified atom stereocenters. The number of amides is 2. The summed E-state index contributed by atoms with van der Waals surface area (Å²) in [7, 11) is -1.60. The van der Waals surface area contributed by atoms with Crippen LogP contribution in [0.5, 0.6) is 0 Å². The quantitative estimate of drug-likeness (QED) is 0.507. The van der Waals surface area contributed by atoms with E-state index in [1.165, 1.54) is 37.2 Å². The fraction of sp³-hybridized carbons (Fsp3) is 0.440. The SMILES string of the molecule is CCC(C)NC(=O)C(C)N(Cc1ccc(C)cc1)C(=O)CN(c1ccccc1F)S(=O)(=O)N(C)C. The van der Waals surface area contributed by atoms with Gasteiger partial charge in [0.1, 0.15) is 18.4 Å². The fourth-order valence-electron chi connectivity index (χ4n) is 3.29. The van der Waals surface area contributed by atoms with Gasteiger partial charge in [-0.15, -0.1) is 0 Å². The lowest BCUT2D eigenvalue weighted by Crippen LogP contribution is -2.53. The molecule has 0 heterocycles. The summed E-state index contributed by atoms with van der Waals surface area (Å²) in [6, 6.07) is 11.9. The molecule has 0 saturated carbocycles. The first kappa shape index (κ1) is 28.3. The minimum atomic E-state index is -4.21. The van der Waals surface area contributed by atoms with E-state index in [0.717, 1.165) is 25.8 Å². The first-order chi connectivity index (χ1) is 16.4. The second-order valence-electron chi connectivity index (χ2n) is 8.75. The Kier molecular flexibility index (Phi) is 9.79. The normalized spacial score (nSPS) is 13.3. The summed E-state index contributed by atoms with van der Waals surface area (Å²) in [5.74, 6) is -1.77. The summed E-state index contributed by atoms with van der Waals surface area (Å²) in [6.45, 7) is 6.74. The van der Waals surface area contributed by atoms with Crippen molar-refractivity contribution in [1.29, 1.82) is 0 Å². The molecule has 0 spiro atoms. The number of benzene rings is 2. The number of carbonyl (C=O) groups excluding carboxylic acids is 2. The summed E-state index contributed by atoms with van der Waals surface area (Å²) in [6.07, 6.45) is 0.715. The van der Waals surface area contributed by atoms with Crippen molar-refractivity contribution in [3.8, 4) is 0 Å². The van der Waals surface area contributed by atoms with Gasteiger partial charge in [-0.25, -0.2) is 8.70 Å². The average Bonchev–Trinajstić information content (AvgIpc) is 2.81. The average molecular weight is 507 g/mol. The number of para-hydroxylation sites is 1. The highest BCUT2D eigenvalue weighted by atomic mass is 32.2. The van der Waals surface area contributed by atoms with Crippen LogP contribution in [-0.4, -0.2) is 62.2 Å². The van der Waals surface area contributed by atoms with Crippen molar-refractivity contribution in [2.24, 2.45) is 0 Å². The summed E-state index contributed by atoms with van der Waals surface area (Å²) in [5, 5.41) is 2.87. The van der Waals surface area contributed by atoms with Gasteiger partial charge in [0.25, 0.3) is 0 Å². The molecule has 0 radical (unpaired) electrons. The zero-order valence-electron chi connectivity index (χ0n) is 21.2. The Morgan fingerprint density at radius 3 is 2.17 bits per heavy atom. The van der Waals surface area contributed by atoms with Crippen LogP contribution in [0.25, 0.3) is 0 Å². The molecule has 192 valence electrons. The summed E-state index contributed by atoms with van der Waals surface area (Å²) in [5.41, 5.74) is 1.57. The van der Waals surface area contributed by atoms with Crippen molar-refractivity contribution in [2.45, 2.75) is 52.7 Å². The van der Waals surface area contributed by atoms with Crippen LogP contribution >= 0.6 is 0 Å². The molecule has 0 aliphatic rings. The molecular weight excluding hydrogens is 471 g/mol. The largest absolute Gasteiger partial charge is 0.352 e. The van der Waals surface area contributed by atoms with E-state index in [9.17, 15) is 22.4 Å². The molecule has 1 N–H and O–H groups in total. The van der Waals surface area contributed by atoms with Gasteiger partial charge in [0.2, 0.25) is 11.8 Å². The zero-order chi connectivity index (χ0) is 26.3. The van der Waals surface area contributed by atoms with Gasteiger partial charge < -0.3 is 10.2 Å². The lowest BCUT2D eigenvalue weighted by molar-refractivity contribution is -0.139. The molecular formula is C25H35FN4O4S. The molecule has 10 heteroatoms. The van der Waals surface area contributed by atoms with Gasteiger partial charge >= 0.3 is 10.2 Å². The highest BCUT2D eigenvalue weighted by Gasteiger charge is 2.33. The maximum absolute atomic E-state index is 14.6. The van der Waals surface area contributed by atoms with Crippen molar-refractivity contribution in [3.05, 3.63) is 65.5 Å². The van der Waals surface area contributed by atoms with E-state index in [4.69, 9.17) is 0 Å². The number of hydrogen-bond donors (Lipinski definition) is 1. The lowest BCUT2D eigenvalue weighted by atomic mass is 10.1. The number of nitrogens with zero attached hydrogens (tertiary/aromatic N) is 3. The molecule has 0 bridgehead atoms. The molecule has 2 aromatic rings. The van der Waals surface area contributed by atoms with Crippen LogP contribution in [0.1, 0.15) is 38.3 Å². The smallest absolute Gasteiger partial charge is 0.304 e. The third-order valence-corrected chi connectivity index (χ3v) is 7.59. The molecule has 0 saturated heterocycles. The fourth-order valence-corrected chi connectivity index (χ4v) is 4.36. The van der Waals surface area contributed by atoms with E-state index < -0.39 is 34.5 Å². The van der Waals surface area contributed by atoms with Crippen LogP contribution in [-0.2, 0) is 26.3 Å². The van der Waals surface area contributed by atoms with E-state index >= 15 is 0 Å². The molecule has 0 aromatic heterocycles. The summed E-state index contributed by atoms with van der Waals surface area (Å²) < 4.78 is 42.4. The number of rotatable bonds is 11. The minimum absolute atomic E-state index is 0.0847. The van der Waals surface area contributed by atoms with Crippen LogP contribution in [0.15, 0.2) is 48.5 Å². The Balaban J connectivity index is 2.46. The number of anilines is 1. The predicted octanol–water partition coefficient (Wildman–Crippen LogP) is 3.08. The lowest BCUT2D eigenvalue weighted by Gasteiger charge is -2.33. The van der Waals surface area contributed by atoms with Crippen molar-refractivity contribution in [2.75, 3.05) is 24.9 Å². The molecule has 2 aromatic carbocycles. The first-order valence-corrected chi connectivity index (χ1v) is 12.9. The molecule has 2 atom stereocenters. The van der Waals surface area contributed by atoms with Gasteiger partial charge in [-0.05, 0) is 44.9 Å². The molecule has 0 aliphatic carbocycles. The standard InChI is InChI=1S/C25H35FN4O4S/c1-7-19(3)27-25(32)20(4)29(16-21-14-12-18(2)13-15-21)24(31)17-30(35(33,34)28(5)6)23-11-9-8-10-22(23)26/h8-15,19-20H,7,16-17H2,1-6H3,(H,27,32). The molecule has 2 rings (SSSR count). The summed E-state index contributed by atoms with van der Waals surface area (Å²) >= 11 is 0. The molecule has 0 aliphatic heterocycles.